The number of carbonyl (C=O) groups is 2. The fourth-order valence-electron chi connectivity index (χ4n) is 3.72. The van der Waals surface area contributed by atoms with Gasteiger partial charge in [-0.05, 0) is 41.7 Å². The molecule has 1 N–H and O–H groups in total. The molecule has 1 aliphatic heterocycles. The van der Waals surface area contributed by atoms with Gasteiger partial charge < -0.3 is 15.1 Å². The average molecular weight is 394 g/mol. The van der Waals surface area contributed by atoms with Crippen molar-refractivity contribution in [1.29, 1.82) is 0 Å². The van der Waals surface area contributed by atoms with Crippen LogP contribution >= 0.6 is 0 Å². The first-order valence-electron chi connectivity index (χ1n) is 10.3. The normalized spacial score (nSPS) is 14.6. The van der Waals surface area contributed by atoms with Gasteiger partial charge in [-0.2, -0.15) is 0 Å². The van der Waals surface area contributed by atoms with E-state index in [0.29, 0.717) is 6.42 Å². The first-order chi connectivity index (χ1) is 13.8. The molecule has 5 heteroatoms. The van der Waals surface area contributed by atoms with Crippen LogP contribution in [0.4, 0.5) is 11.4 Å². The summed E-state index contributed by atoms with van der Waals surface area (Å²) in [6.45, 7) is 9.15. The van der Waals surface area contributed by atoms with Crippen LogP contribution in [-0.2, 0) is 15.0 Å². The molecule has 0 aromatic heterocycles. The second-order valence-corrected chi connectivity index (χ2v) is 8.34. The zero-order valence-corrected chi connectivity index (χ0v) is 17.6. The lowest BCUT2D eigenvalue weighted by molar-refractivity contribution is -0.129. The van der Waals surface area contributed by atoms with Crippen molar-refractivity contribution in [3.05, 3.63) is 60.2 Å². The first kappa shape index (κ1) is 20.9. The van der Waals surface area contributed by atoms with Crippen LogP contribution in [0.15, 0.2) is 54.6 Å². The molecule has 0 atom stereocenters. The summed E-state index contributed by atoms with van der Waals surface area (Å²) in [7, 11) is 0. The zero-order chi connectivity index (χ0) is 20.9. The van der Waals surface area contributed by atoms with E-state index in [1.54, 1.807) is 6.92 Å². The van der Waals surface area contributed by atoms with Crippen molar-refractivity contribution in [2.75, 3.05) is 36.4 Å². The Bertz CT molecular complexity index is 823. The van der Waals surface area contributed by atoms with Crippen LogP contribution in [0.1, 0.15) is 39.2 Å². The number of anilines is 2. The van der Waals surface area contributed by atoms with Gasteiger partial charge in [0.1, 0.15) is 0 Å². The monoisotopic (exact) mass is 393 g/mol. The molecule has 0 saturated carbocycles. The Morgan fingerprint density at radius 3 is 2.14 bits per heavy atom. The molecule has 0 radical (unpaired) electrons. The summed E-state index contributed by atoms with van der Waals surface area (Å²) >= 11 is 0. The lowest BCUT2D eigenvalue weighted by Crippen LogP contribution is -2.48. The van der Waals surface area contributed by atoms with Crippen LogP contribution < -0.4 is 10.2 Å². The molecule has 0 unspecified atom stereocenters. The fourth-order valence-corrected chi connectivity index (χ4v) is 3.72. The third-order valence-corrected chi connectivity index (χ3v) is 5.77. The van der Waals surface area contributed by atoms with Gasteiger partial charge in [0.15, 0.2) is 0 Å². The van der Waals surface area contributed by atoms with Crippen LogP contribution in [-0.4, -0.2) is 42.9 Å². The maximum Gasteiger partial charge on any atom is 0.224 e. The lowest BCUT2D eigenvalue weighted by Gasteiger charge is -2.35. The number of amides is 2. The van der Waals surface area contributed by atoms with Crippen molar-refractivity contribution in [2.24, 2.45) is 0 Å². The van der Waals surface area contributed by atoms with Gasteiger partial charge in [-0.15, -0.1) is 0 Å². The molecule has 1 heterocycles. The summed E-state index contributed by atoms with van der Waals surface area (Å²) in [6.07, 6.45) is 1.28. The number of hydrogen-bond acceptors (Lipinski definition) is 3. The Balaban J connectivity index is 1.49. The number of nitrogens with zero attached hydrogens (tertiary/aromatic N) is 2. The van der Waals surface area contributed by atoms with Gasteiger partial charge in [0, 0.05) is 50.9 Å². The molecule has 3 rings (SSSR count). The molecule has 0 bridgehead atoms. The number of benzene rings is 2. The predicted molar refractivity (Wildman–Crippen MR) is 118 cm³/mol. The molecule has 2 aromatic carbocycles. The van der Waals surface area contributed by atoms with E-state index < -0.39 is 0 Å². The number of carbonyl (C=O) groups excluding carboxylic acids is 2. The Morgan fingerprint density at radius 2 is 1.55 bits per heavy atom. The summed E-state index contributed by atoms with van der Waals surface area (Å²) in [4.78, 5) is 28.0. The Labute approximate surface area is 173 Å². The molecule has 29 heavy (non-hydrogen) atoms. The van der Waals surface area contributed by atoms with Gasteiger partial charge in [0.05, 0.1) is 0 Å². The standard InChI is InChI=1S/C24H31N3O2/c1-19(28)26-15-17-27(18-16-26)22-11-9-21(10-12-22)25-23(29)13-14-24(2,3)20-7-5-4-6-8-20/h4-12H,13-18H2,1-3H3,(H,25,29). The highest BCUT2D eigenvalue weighted by atomic mass is 16.2. The molecule has 5 nitrogen and oxygen atoms in total. The number of piperazine rings is 1. The van der Waals surface area contributed by atoms with Crippen LogP contribution in [0.3, 0.4) is 0 Å². The molecule has 1 fully saturated rings. The topological polar surface area (TPSA) is 52.7 Å². The largest absolute Gasteiger partial charge is 0.368 e. The highest BCUT2D eigenvalue weighted by Gasteiger charge is 2.22. The van der Waals surface area contributed by atoms with Crippen LogP contribution in [0.25, 0.3) is 0 Å². The van der Waals surface area contributed by atoms with Crippen molar-refractivity contribution in [3.63, 3.8) is 0 Å². The van der Waals surface area contributed by atoms with Crippen molar-refractivity contribution >= 4 is 23.2 Å². The third kappa shape index (κ3) is 5.59. The summed E-state index contributed by atoms with van der Waals surface area (Å²) in [5, 5.41) is 3.01. The highest BCUT2D eigenvalue weighted by molar-refractivity contribution is 5.91. The van der Waals surface area contributed by atoms with E-state index >= 15 is 0 Å². The van der Waals surface area contributed by atoms with Gasteiger partial charge in [0.25, 0.3) is 0 Å². The van der Waals surface area contributed by atoms with Crippen molar-refractivity contribution in [1.82, 2.24) is 4.90 Å². The molecule has 1 saturated heterocycles. The van der Waals surface area contributed by atoms with Crippen molar-refractivity contribution in [2.45, 2.75) is 39.0 Å². The van der Waals surface area contributed by atoms with Gasteiger partial charge in [-0.1, -0.05) is 44.2 Å². The Kier molecular flexibility index (Phi) is 6.57. The second-order valence-electron chi connectivity index (χ2n) is 8.34. The quantitative estimate of drug-likeness (QED) is 0.805. The highest BCUT2D eigenvalue weighted by Crippen LogP contribution is 2.28. The van der Waals surface area contributed by atoms with Gasteiger partial charge in [-0.25, -0.2) is 0 Å². The summed E-state index contributed by atoms with van der Waals surface area (Å²) in [5.74, 6) is 0.176. The lowest BCUT2D eigenvalue weighted by atomic mass is 9.80. The first-order valence-corrected chi connectivity index (χ1v) is 10.3. The molecule has 2 amide bonds. The fraction of sp³-hybridized carbons (Fsp3) is 0.417. The molecule has 1 aliphatic rings. The average Bonchev–Trinajstić information content (AvgIpc) is 2.74. The van der Waals surface area contributed by atoms with E-state index in [2.05, 4.69) is 36.2 Å². The maximum absolute atomic E-state index is 12.4. The van der Waals surface area contributed by atoms with Crippen LogP contribution in [0, 0.1) is 0 Å². The summed E-state index contributed by atoms with van der Waals surface area (Å²) in [6, 6.07) is 18.3. The molecule has 0 aliphatic carbocycles. The van der Waals surface area contributed by atoms with Crippen LogP contribution in [0.5, 0.6) is 0 Å². The summed E-state index contributed by atoms with van der Waals surface area (Å²) in [5.41, 5.74) is 3.15. The Morgan fingerprint density at radius 1 is 0.931 bits per heavy atom. The smallest absolute Gasteiger partial charge is 0.224 e. The SMILES string of the molecule is CC(=O)N1CCN(c2ccc(NC(=O)CCC(C)(C)c3ccccc3)cc2)CC1. The Hall–Kier alpha value is -2.82. The van der Waals surface area contributed by atoms with E-state index in [1.807, 2.05) is 47.4 Å². The molecular weight excluding hydrogens is 362 g/mol. The second kappa shape index (κ2) is 9.12. The van der Waals surface area contributed by atoms with E-state index in [9.17, 15) is 9.59 Å². The van der Waals surface area contributed by atoms with Gasteiger partial charge in [-0.3, -0.25) is 9.59 Å². The number of rotatable bonds is 6. The minimum atomic E-state index is -0.0372. The molecule has 154 valence electrons. The maximum atomic E-state index is 12.4. The third-order valence-electron chi connectivity index (χ3n) is 5.77. The van der Waals surface area contributed by atoms with Crippen molar-refractivity contribution in [3.8, 4) is 0 Å². The molecule has 2 aromatic rings. The number of hydrogen-bond donors (Lipinski definition) is 1. The zero-order valence-electron chi connectivity index (χ0n) is 17.6. The van der Waals surface area contributed by atoms with E-state index in [4.69, 9.17) is 0 Å². The molecular formula is C24H31N3O2. The van der Waals surface area contributed by atoms with E-state index in [1.165, 1.54) is 5.56 Å². The number of nitrogens with one attached hydrogen (secondary N) is 1. The van der Waals surface area contributed by atoms with Gasteiger partial charge in [0.2, 0.25) is 11.8 Å². The van der Waals surface area contributed by atoms with E-state index in [-0.39, 0.29) is 17.2 Å². The van der Waals surface area contributed by atoms with Crippen LogP contribution in [0.2, 0.25) is 0 Å². The molecule has 0 spiro atoms. The minimum absolute atomic E-state index is 0.0372. The van der Waals surface area contributed by atoms with E-state index in [0.717, 1.165) is 44.0 Å². The van der Waals surface area contributed by atoms with Gasteiger partial charge >= 0.3 is 0 Å². The minimum Gasteiger partial charge on any atom is -0.368 e. The summed E-state index contributed by atoms with van der Waals surface area (Å²) < 4.78 is 0. The van der Waals surface area contributed by atoms with Crippen molar-refractivity contribution < 1.29 is 9.59 Å². The predicted octanol–water partition coefficient (Wildman–Crippen LogP) is 4.05.